The minimum Gasteiger partial charge on any atom is -0.122 e. The van der Waals surface area contributed by atoms with Gasteiger partial charge in [0.05, 0.1) is 13.1 Å². The highest BCUT2D eigenvalue weighted by molar-refractivity contribution is 6.83. The van der Waals surface area contributed by atoms with Crippen molar-refractivity contribution in [3.63, 3.8) is 0 Å². The second-order valence-corrected chi connectivity index (χ2v) is 10.8. The molecule has 0 aliphatic rings. The maximum Gasteiger partial charge on any atom is 0.0704 e. The molecule has 0 spiro atoms. The van der Waals surface area contributed by atoms with Gasteiger partial charge >= 0.3 is 0 Å². The first-order chi connectivity index (χ1) is 5.91. The second kappa shape index (κ2) is 3.85. The van der Waals surface area contributed by atoms with E-state index in [0.29, 0.717) is 0 Å². The van der Waals surface area contributed by atoms with Gasteiger partial charge in [0, 0.05) is 0 Å². The second-order valence-electron chi connectivity index (χ2n) is 4.64. The van der Waals surface area contributed by atoms with Gasteiger partial charge in [-0.1, -0.05) is 49.5 Å². The summed E-state index contributed by atoms with van der Waals surface area (Å²) in [7, 11) is -1.25. The molecule has 0 saturated heterocycles. The molecular weight excluding hydrogens is 196 g/mol. The maximum atomic E-state index is 6.40. The summed E-state index contributed by atoms with van der Waals surface area (Å²) in [6.07, 6.45) is 0. The summed E-state index contributed by atoms with van der Waals surface area (Å²) in [5.74, 6) is 0. The van der Waals surface area contributed by atoms with Crippen LogP contribution in [0.2, 0.25) is 19.6 Å². The van der Waals surface area contributed by atoms with Crippen molar-refractivity contribution in [2.45, 2.75) is 31.6 Å². The van der Waals surface area contributed by atoms with Gasteiger partial charge in [0.15, 0.2) is 0 Å². The van der Waals surface area contributed by atoms with Gasteiger partial charge in [-0.25, -0.2) is 0 Å². The smallest absolute Gasteiger partial charge is 0.0704 e. The normalized spacial score (nSPS) is 14.2. The van der Waals surface area contributed by atoms with E-state index in [1.807, 2.05) is 0 Å². The zero-order valence-corrected chi connectivity index (χ0v) is 10.5. The molecule has 2 heteroatoms. The van der Waals surface area contributed by atoms with Gasteiger partial charge in [-0.2, -0.15) is 0 Å². The van der Waals surface area contributed by atoms with Crippen molar-refractivity contribution in [2.24, 2.45) is 0 Å². The molecule has 0 radical (unpaired) electrons. The van der Waals surface area contributed by atoms with E-state index >= 15 is 0 Å². The lowest BCUT2D eigenvalue weighted by atomic mass is 10.2. The molecule has 1 unspecified atom stereocenters. The first kappa shape index (κ1) is 10.8. The Hall–Kier alpha value is -0.273. The largest absolute Gasteiger partial charge is 0.122 e. The molecule has 0 fully saturated rings. The van der Waals surface area contributed by atoms with Crippen LogP contribution in [0, 0.1) is 6.92 Å². The van der Waals surface area contributed by atoms with E-state index < -0.39 is 8.07 Å². The average Bonchev–Trinajstić information content (AvgIpc) is 2.03. The van der Waals surface area contributed by atoms with Crippen LogP contribution in [0.15, 0.2) is 24.3 Å². The Bertz CT molecular complexity index is 271. The lowest BCUT2D eigenvalue weighted by Crippen LogP contribution is -2.27. The molecule has 1 aromatic carbocycles. The van der Waals surface area contributed by atoms with Gasteiger partial charge in [-0.15, -0.1) is 11.6 Å². The van der Waals surface area contributed by atoms with Gasteiger partial charge in [0.2, 0.25) is 0 Å². The van der Waals surface area contributed by atoms with Crippen molar-refractivity contribution in [2.75, 3.05) is 0 Å². The lowest BCUT2D eigenvalue weighted by Gasteiger charge is -2.23. The standard InChI is InChI=1S/C11H17ClSi/c1-9-5-7-10(8-6-9)11(12)13(2,3)4/h5-8,11H,1-4H3. The molecule has 0 aliphatic heterocycles. The van der Waals surface area contributed by atoms with Gasteiger partial charge < -0.3 is 0 Å². The van der Waals surface area contributed by atoms with E-state index in [0.717, 1.165) is 0 Å². The number of aryl methyl sites for hydroxylation is 1. The fourth-order valence-corrected chi connectivity index (χ4v) is 2.57. The Morgan fingerprint density at radius 3 is 1.92 bits per heavy atom. The van der Waals surface area contributed by atoms with Crippen LogP contribution in [0.3, 0.4) is 0 Å². The summed E-state index contributed by atoms with van der Waals surface area (Å²) in [5, 5.41) is 0.230. The third kappa shape index (κ3) is 2.85. The van der Waals surface area contributed by atoms with Crippen LogP contribution >= 0.6 is 11.6 Å². The third-order valence-electron chi connectivity index (χ3n) is 2.13. The summed E-state index contributed by atoms with van der Waals surface area (Å²) in [6.45, 7) is 8.99. The van der Waals surface area contributed by atoms with Crippen LogP contribution in [-0.4, -0.2) is 8.07 Å². The quantitative estimate of drug-likeness (QED) is 0.511. The number of rotatable bonds is 2. The fraction of sp³-hybridized carbons (Fsp3) is 0.455. The van der Waals surface area contributed by atoms with E-state index in [-0.39, 0.29) is 5.00 Å². The van der Waals surface area contributed by atoms with Gasteiger partial charge in [0.25, 0.3) is 0 Å². The van der Waals surface area contributed by atoms with Gasteiger partial charge in [-0.3, -0.25) is 0 Å². The van der Waals surface area contributed by atoms with Crippen molar-refractivity contribution in [1.82, 2.24) is 0 Å². The molecule has 0 heterocycles. The molecule has 0 bridgehead atoms. The zero-order valence-electron chi connectivity index (χ0n) is 8.76. The van der Waals surface area contributed by atoms with Crippen molar-refractivity contribution >= 4 is 19.7 Å². The molecule has 0 N–H and O–H groups in total. The number of halogens is 1. The van der Waals surface area contributed by atoms with E-state index in [4.69, 9.17) is 11.6 Å². The summed E-state index contributed by atoms with van der Waals surface area (Å²) < 4.78 is 0. The van der Waals surface area contributed by atoms with E-state index in [9.17, 15) is 0 Å². The van der Waals surface area contributed by atoms with Crippen LogP contribution in [0.1, 0.15) is 16.1 Å². The van der Waals surface area contributed by atoms with E-state index in [1.165, 1.54) is 11.1 Å². The predicted octanol–water partition coefficient (Wildman–Crippen LogP) is 4.15. The Labute approximate surface area is 86.9 Å². The molecule has 0 amide bonds. The highest BCUT2D eigenvalue weighted by atomic mass is 35.5. The van der Waals surface area contributed by atoms with Crippen LogP contribution < -0.4 is 0 Å². The number of alkyl halides is 1. The molecule has 0 aromatic heterocycles. The van der Waals surface area contributed by atoms with Crippen molar-refractivity contribution in [1.29, 1.82) is 0 Å². The lowest BCUT2D eigenvalue weighted by molar-refractivity contribution is 1.24. The SMILES string of the molecule is Cc1ccc(C(Cl)[Si](C)(C)C)cc1. The fourth-order valence-electron chi connectivity index (χ4n) is 1.24. The molecule has 0 aliphatic carbocycles. The summed E-state index contributed by atoms with van der Waals surface area (Å²) in [5.41, 5.74) is 2.56. The Kier molecular flexibility index (Phi) is 3.20. The summed E-state index contributed by atoms with van der Waals surface area (Å²) in [6, 6.07) is 8.55. The first-order valence-electron chi connectivity index (χ1n) is 4.62. The Morgan fingerprint density at radius 1 is 1.08 bits per heavy atom. The van der Waals surface area contributed by atoms with Crippen molar-refractivity contribution in [3.05, 3.63) is 35.4 Å². The topological polar surface area (TPSA) is 0 Å². The van der Waals surface area contributed by atoms with Crippen LogP contribution in [0.5, 0.6) is 0 Å². The van der Waals surface area contributed by atoms with Crippen LogP contribution in [0.25, 0.3) is 0 Å². The molecule has 0 nitrogen and oxygen atoms in total. The minimum atomic E-state index is -1.25. The van der Waals surface area contributed by atoms with Gasteiger partial charge in [0.1, 0.15) is 0 Å². The molecule has 0 saturated carbocycles. The monoisotopic (exact) mass is 212 g/mol. The Balaban J connectivity index is 2.90. The molecule has 13 heavy (non-hydrogen) atoms. The predicted molar refractivity (Wildman–Crippen MR) is 63.1 cm³/mol. The van der Waals surface area contributed by atoms with Gasteiger partial charge in [-0.05, 0) is 12.5 Å². The molecular formula is C11H17ClSi. The first-order valence-corrected chi connectivity index (χ1v) is 8.63. The molecule has 1 atom stereocenters. The molecule has 1 aromatic rings. The average molecular weight is 213 g/mol. The van der Waals surface area contributed by atoms with Crippen LogP contribution in [0.4, 0.5) is 0 Å². The zero-order chi connectivity index (χ0) is 10.1. The van der Waals surface area contributed by atoms with E-state index in [2.05, 4.69) is 50.8 Å². The highest BCUT2D eigenvalue weighted by Crippen LogP contribution is 2.30. The Morgan fingerprint density at radius 2 is 1.54 bits per heavy atom. The highest BCUT2D eigenvalue weighted by Gasteiger charge is 2.25. The van der Waals surface area contributed by atoms with Crippen molar-refractivity contribution in [3.8, 4) is 0 Å². The summed E-state index contributed by atoms with van der Waals surface area (Å²) >= 11 is 6.40. The van der Waals surface area contributed by atoms with Crippen LogP contribution in [-0.2, 0) is 0 Å². The maximum absolute atomic E-state index is 6.40. The van der Waals surface area contributed by atoms with Crippen molar-refractivity contribution < 1.29 is 0 Å². The van der Waals surface area contributed by atoms with E-state index in [1.54, 1.807) is 0 Å². The third-order valence-corrected chi connectivity index (χ3v) is 6.20. The minimum absolute atomic E-state index is 0.230. The summed E-state index contributed by atoms with van der Waals surface area (Å²) in [4.78, 5) is 0. The molecule has 72 valence electrons. The number of benzene rings is 1. The molecule has 1 rings (SSSR count). The number of hydrogen-bond acceptors (Lipinski definition) is 0. The number of hydrogen-bond donors (Lipinski definition) is 0.